The first-order valence-corrected chi connectivity index (χ1v) is 5.15. The summed E-state index contributed by atoms with van der Waals surface area (Å²) in [6.45, 7) is 6.05. The van der Waals surface area contributed by atoms with E-state index in [1.165, 1.54) is 0 Å². The Morgan fingerprint density at radius 1 is 1.21 bits per heavy atom. The molecule has 0 aliphatic carbocycles. The topological polar surface area (TPSA) is 58.2 Å². The molecule has 2 unspecified atom stereocenters. The van der Waals surface area contributed by atoms with Gasteiger partial charge in [-0.2, -0.15) is 0 Å². The molecule has 2 atom stereocenters. The molecule has 1 saturated heterocycles. The van der Waals surface area contributed by atoms with Crippen molar-refractivity contribution in [1.82, 2.24) is 10.6 Å². The predicted molar refractivity (Wildman–Crippen MR) is 53.6 cm³/mol. The van der Waals surface area contributed by atoms with E-state index in [1.54, 1.807) is 0 Å². The molecule has 14 heavy (non-hydrogen) atoms. The van der Waals surface area contributed by atoms with E-state index in [9.17, 15) is 9.59 Å². The quantitative estimate of drug-likeness (QED) is 0.646. The highest BCUT2D eigenvalue weighted by molar-refractivity contribution is 6.02. The van der Waals surface area contributed by atoms with Crippen LogP contribution in [0.5, 0.6) is 0 Å². The molecule has 1 fully saturated rings. The number of rotatable bonds is 3. The molecule has 80 valence electrons. The van der Waals surface area contributed by atoms with E-state index in [2.05, 4.69) is 24.5 Å². The number of amides is 2. The minimum atomic E-state index is -0.212. The third-order valence-electron chi connectivity index (χ3n) is 2.40. The Bertz CT molecular complexity index is 238. The number of carbonyl (C=O) groups is 2. The third kappa shape index (κ3) is 2.54. The maximum atomic E-state index is 11.4. The van der Waals surface area contributed by atoms with Gasteiger partial charge in [0.25, 0.3) is 0 Å². The van der Waals surface area contributed by atoms with Crippen molar-refractivity contribution in [1.29, 1.82) is 0 Å². The fourth-order valence-corrected chi connectivity index (χ4v) is 1.64. The van der Waals surface area contributed by atoms with Crippen LogP contribution in [0.2, 0.25) is 0 Å². The van der Waals surface area contributed by atoms with Crippen molar-refractivity contribution in [3.05, 3.63) is 0 Å². The van der Waals surface area contributed by atoms with Crippen LogP contribution in [0.3, 0.4) is 0 Å². The van der Waals surface area contributed by atoms with Gasteiger partial charge in [-0.15, -0.1) is 0 Å². The van der Waals surface area contributed by atoms with Gasteiger partial charge in [0.05, 0.1) is 12.1 Å². The summed E-state index contributed by atoms with van der Waals surface area (Å²) >= 11 is 0. The highest BCUT2D eigenvalue weighted by Gasteiger charge is 2.32. The van der Waals surface area contributed by atoms with Gasteiger partial charge < -0.3 is 0 Å². The first kappa shape index (κ1) is 11.2. The van der Waals surface area contributed by atoms with Gasteiger partial charge in [-0.1, -0.05) is 20.8 Å². The fourth-order valence-electron chi connectivity index (χ4n) is 1.64. The smallest absolute Gasteiger partial charge is 0.243 e. The fraction of sp³-hybridized carbons (Fsp3) is 0.800. The minimum Gasteiger partial charge on any atom is -0.295 e. The Balaban J connectivity index is 2.60. The van der Waals surface area contributed by atoms with Crippen LogP contribution < -0.4 is 10.6 Å². The second kappa shape index (κ2) is 4.55. The van der Waals surface area contributed by atoms with Gasteiger partial charge in [-0.25, -0.2) is 0 Å². The Kier molecular flexibility index (Phi) is 3.63. The van der Waals surface area contributed by atoms with E-state index in [-0.39, 0.29) is 23.9 Å². The van der Waals surface area contributed by atoms with Crippen molar-refractivity contribution in [2.24, 2.45) is 5.92 Å². The lowest BCUT2D eigenvalue weighted by Gasteiger charge is -2.29. The van der Waals surface area contributed by atoms with Crippen molar-refractivity contribution >= 4 is 11.8 Å². The van der Waals surface area contributed by atoms with E-state index in [0.29, 0.717) is 12.3 Å². The van der Waals surface area contributed by atoms with Gasteiger partial charge in [0.2, 0.25) is 11.8 Å². The molecule has 1 aliphatic rings. The first-order chi connectivity index (χ1) is 6.54. The van der Waals surface area contributed by atoms with Crippen molar-refractivity contribution in [3.8, 4) is 0 Å². The Hall–Kier alpha value is -0.900. The molecule has 0 radical (unpaired) electrons. The predicted octanol–water partition coefficient (Wildman–Crippen LogP) is 0.426. The number of nitrogens with one attached hydrogen (secondary N) is 2. The number of imide groups is 1. The monoisotopic (exact) mass is 198 g/mol. The van der Waals surface area contributed by atoms with Crippen LogP contribution in [0.4, 0.5) is 0 Å². The Morgan fingerprint density at radius 3 is 2.29 bits per heavy atom. The molecular formula is C10H18N2O2. The third-order valence-corrected chi connectivity index (χ3v) is 2.40. The van der Waals surface area contributed by atoms with Gasteiger partial charge in [0.1, 0.15) is 0 Å². The zero-order valence-corrected chi connectivity index (χ0v) is 8.96. The van der Waals surface area contributed by atoms with Gasteiger partial charge in [-0.05, 0) is 18.8 Å². The molecule has 1 aliphatic heterocycles. The molecule has 0 spiro atoms. The standard InChI is InChI=1S/C10H18N2O2/c1-4-7-9(13)12-10(14)8(11-7)5-6(2)3/h6-8,11H,4-5H2,1-3H3,(H,12,13,14). The number of hydrogen-bond donors (Lipinski definition) is 2. The van der Waals surface area contributed by atoms with Crippen LogP contribution >= 0.6 is 0 Å². The highest BCUT2D eigenvalue weighted by Crippen LogP contribution is 2.10. The molecule has 0 aromatic heterocycles. The molecule has 1 rings (SSSR count). The number of hydrogen-bond acceptors (Lipinski definition) is 3. The average molecular weight is 198 g/mol. The van der Waals surface area contributed by atoms with Gasteiger partial charge in [0, 0.05) is 0 Å². The molecule has 4 nitrogen and oxygen atoms in total. The van der Waals surface area contributed by atoms with Crippen molar-refractivity contribution in [2.75, 3.05) is 0 Å². The number of piperazine rings is 1. The van der Waals surface area contributed by atoms with Crippen LogP contribution in [-0.4, -0.2) is 23.9 Å². The second-order valence-corrected chi connectivity index (χ2v) is 4.16. The highest BCUT2D eigenvalue weighted by atomic mass is 16.2. The Labute approximate surface area is 84.4 Å². The summed E-state index contributed by atoms with van der Waals surface area (Å²) in [5.41, 5.74) is 0. The van der Waals surface area contributed by atoms with E-state index in [1.807, 2.05) is 6.92 Å². The van der Waals surface area contributed by atoms with Gasteiger partial charge in [-0.3, -0.25) is 20.2 Å². The van der Waals surface area contributed by atoms with E-state index in [4.69, 9.17) is 0 Å². The normalized spacial score (nSPS) is 28.0. The number of carbonyl (C=O) groups excluding carboxylic acids is 2. The SMILES string of the molecule is CCC1NC(CC(C)C)C(=O)NC1=O. The van der Waals surface area contributed by atoms with Crippen LogP contribution in [0.15, 0.2) is 0 Å². The van der Waals surface area contributed by atoms with Gasteiger partial charge >= 0.3 is 0 Å². The molecule has 0 aromatic carbocycles. The van der Waals surface area contributed by atoms with Crippen molar-refractivity contribution < 1.29 is 9.59 Å². The van der Waals surface area contributed by atoms with Gasteiger partial charge in [0.15, 0.2) is 0 Å². The molecule has 1 heterocycles. The lowest BCUT2D eigenvalue weighted by atomic mass is 9.99. The lowest BCUT2D eigenvalue weighted by molar-refractivity contribution is -0.137. The second-order valence-electron chi connectivity index (χ2n) is 4.16. The summed E-state index contributed by atoms with van der Waals surface area (Å²) in [6, 6.07) is -0.422. The van der Waals surface area contributed by atoms with Crippen LogP contribution in [0.25, 0.3) is 0 Å². The average Bonchev–Trinajstić information content (AvgIpc) is 2.09. The molecule has 0 saturated carbocycles. The molecular weight excluding hydrogens is 180 g/mol. The van der Waals surface area contributed by atoms with E-state index in [0.717, 1.165) is 6.42 Å². The van der Waals surface area contributed by atoms with E-state index < -0.39 is 0 Å². The summed E-state index contributed by atoms with van der Waals surface area (Å²) in [6.07, 6.45) is 1.49. The summed E-state index contributed by atoms with van der Waals surface area (Å²) in [4.78, 5) is 22.7. The van der Waals surface area contributed by atoms with Crippen molar-refractivity contribution in [2.45, 2.75) is 45.7 Å². The molecule has 2 amide bonds. The summed E-state index contributed by atoms with van der Waals surface area (Å²) in [5, 5.41) is 5.47. The summed E-state index contributed by atoms with van der Waals surface area (Å²) in [5.74, 6) is 0.0647. The van der Waals surface area contributed by atoms with Crippen molar-refractivity contribution in [3.63, 3.8) is 0 Å². The minimum absolute atomic E-state index is 0.187. The summed E-state index contributed by atoms with van der Waals surface area (Å²) < 4.78 is 0. The molecule has 0 bridgehead atoms. The molecule has 0 aromatic rings. The first-order valence-electron chi connectivity index (χ1n) is 5.15. The Morgan fingerprint density at radius 2 is 1.79 bits per heavy atom. The maximum absolute atomic E-state index is 11.4. The zero-order valence-electron chi connectivity index (χ0n) is 8.96. The maximum Gasteiger partial charge on any atom is 0.243 e. The van der Waals surface area contributed by atoms with E-state index >= 15 is 0 Å². The lowest BCUT2D eigenvalue weighted by Crippen LogP contribution is -2.61. The van der Waals surface area contributed by atoms with Crippen LogP contribution in [0, 0.1) is 5.92 Å². The zero-order chi connectivity index (χ0) is 10.7. The van der Waals surface area contributed by atoms with Crippen LogP contribution in [0.1, 0.15) is 33.6 Å². The van der Waals surface area contributed by atoms with Crippen LogP contribution in [-0.2, 0) is 9.59 Å². The molecule has 2 N–H and O–H groups in total. The largest absolute Gasteiger partial charge is 0.295 e. The molecule has 4 heteroatoms. The summed E-state index contributed by atoms with van der Waals surface area (Å²) in [7, 11) is 0.